The van der Waals surface area contributed by atoms with Crippen LogP contribution in [0.15, 0.2) is 42.6 Å². The van der Waals surface area contributed by atoms with Gasteiger partial charge in [0.15, 0.2) is 0 Å². The Balaban J connectivity index is 1.54. The highest BCUT2D eigenvalue weighted by Gasteiger charge is 2.26. The van der Waals surface area contributed by atoms with Gasteiger partial charge in [0.1, 0.15) is 5.82 Å². The summed E-state index contributed by atoms with van der Waals surface area (Å²) >= 11 is 6.01. The van der Waals surface area contributed by atoms with Crippen molar-refractivity contribution in [3.63, 3.8) is 0 Å². The molecule has 1 saturated heterocycles. The van der Waals surface area contributed by atoms with Crippen LogP contribution < -0.4 is 16.4 Å². The number of carbonyl (C=O) groups is 1. The highest BCUT2D eigenvalue weighted by atomic mass is 35.5. The first kappa shape index (κ1) is 17.9. The second-order valence-electron chi connectivity index (χ2n) is 6.52. The predicted octanol–water partition coefficient (Wildman–Crippen LogP) is 1.87. The molecular weight excluding hydrogens is 336 g/mol. The van der Waals surface area contributed by atoms with Crippen molar-refractivity contribution in [3.05, 3.63) is 58.7 Å². The van der Waals surface area contributed by atoms with Gasteiger partial charge in [0.05, 0.1) is 18.5 Å². The van der Waals surface area contributed by atoms with Crippen molar-refractivity contribution < 1.29 is 10.5 Å². The number of benzene rings is 1. The van der Waals surface area contributed by atoms with Crippen molar-refractivity contribution in [2.75, 3.05) is 18.4 Å². The summed E-state index contributed by atoms with van der Waals surface area (Å²) < 4.78 is 0. The maximum atomic E-state index is 12.4. The van der Waals surface area contributed by atoms with Gasteiger partial charge in [-0.1, -0.05) is 29.8 Å². The minimum atomic E-state index is -0.00395. The fourth-order valence-corrected chi connectivity index (χ4v) is 3.31. The number of aromatic nitrogens is 1. The number of hydrogen-bond acceptors (Lipinski definition) is 3. The Labute approximate surface area is 153 Å². The molecule has 2 unspecified atom stereocenters. The molecule has 0 bridgehead atoms. The summed E-state index contributed by atoms with van der Waals surface area (Å²) in [6.07, 6.45) is 4.45. The van der Waals surface area contributed by atoms with Gasteiger partial charge in [-0.25, -0.2) is 4.98 Å². The topological polar surface area (TPSA) is 81.7 Å². The number of amides is 1. The second kappa shape index (κ2) is 8.43. The largest absolute Gasteiger partial charge is 0.356 e. The fourth-order valence-electron chi connectivity index (χ4n) is 3.10. The minimum Gasteiger partial charge on any atom is -0.356 e. The van der Waals surface area contributed by atoms with Crippen molar-refractivity contribution in [2.45, 2.75) is 25.3 Å². The van der Waals surface area contributed by atoms with Gasteiger partial charge in [-0.15, -0.1) is 0 Å². The highest BCUT2D eigenvalue weighted by Crippen LogP contribution is 2.17. The van der Waals surface area contributed by atoms with Gasteiger partial charge in [-0.2, -0.15) is 0 Å². The maximum Gasteiger partial charge on any atom is 0.229 e. The van der Waals surface area contributed by atoms with E-state index in [1.807, 2.05) is 36.4 Å². The summed E-state index contributed by atoms with van der Waals surface area (Å²) in [5, 5.41) is 7.02. The normalized spacial score (nSPS) is 20.2. The van der Waals surface area contributed by atoms with E-state index < -0.39 is 0 Å². The molecule has 0 aliphatic carbocycles. The summed E-state index contributed by atoms with van der Waals surface area (Å²) in [6.45, 7) is 1.57. The van der Waals surface area contributed by atoms with Crippen molar-refractivity contribution in [1.29, 1.82) is 0 Å². The highest BCUT2D eigenvalue weighted by molar-refractivity contribution is 6.30. The third kappa shape index (κ3) is 5.01. The van der Waals surface area contributed by atoms with Crippen molar-refractivity contribution in [1.82, 2.24) is 10.3 Å². The Bertz CT molecular complexity index is 712. The van der Waals surface area contributed by atoms with Gasteiger partial charge >= 0.3 is 0 Å². The number of piperidine rings is 1. The van der Waals surface area contributed by atoms with Crippen LogP contribution in [0, 0.1) is 5.92 Å². The molecule has 2 heterocycles. The average molecular weight is 360 g/mol. The van der Waals surface area contributed by atoms with Crippen molar-refractivity contribution >= 4 is 23.3 Å². The summed E-state index contributed by atoms with van der Waals surface area (Å²) in [6, 6.07) is 12.1. The van der Waals surface area contributed by atoms with E-state index in [4.69, 9.17) is 11.6 Å². The van der Waals surface area contributed by atoms with Crippen LogP contribution in [0.3, 0.4) is 0 Å². The Hall–Kier alpha value is -1.95. The zero-order chi connectivity index (χ0) is 17.6. The van der Waals surface area contributed by atoms with Crippen LogP contribution in [0.1, 0.15) is 24.0 Å². The lowest BCUT2D eigenvalue weighted by atomic mass is 9.94. The first-order chi connectivity index (χ1) is 12.1. The number of nitrogens with zero attached hydrogens (tertiary/aromatic N) is 1. The van der Waals surface area contributed by atoms with Crippen LogP contribution in [0.25, 0.3) is 0 Å². The number of pyridine rings is 1. The van der Waals surface area contributed by atoms with E-state index in [1.165, 1.54) is 0 Å². The molecule has 0 spiro atoms. The maximum absolute atomic E-state index is 12.4. The molecule has 6 heteroatoms. The number of quaternary nitrogens is 1. The van der Waals surface area contributed by atoms with Gasteiger partial charge in [-0.05, 0) is 48.6 Å². The van der Waals surface area contributed by atoms with Gasteiger partial charge in [0.2, 0.25) is 5.91 Å². The number of carbonyl (C=O) groups excluding carboxylic acids is 1. The minimum absolute atomic E-state index is 0.00395. The van der Waals surface area contributed by atoms with E-state index in [9.17, 15) is 4.79 Å². The standard InChI is InChI=1S/C19H23ClN4O/c20-16-3-1-2-13(9-16)8-14-4-7-18(23-11-14)24-19(25)15-5-6-17(10-21)22-12-15/h1-4,7,9,11,15,17,22H,5-6,8,10,12,21H2,(H,23,24,25)/p+1. The van der Waals surface area contributed by atoms with E-state index in [1.54, 1.807) is 6.20 Å². The molecule has 0 saturated carbocycles. The quantitative estimate of drug-likeness (QED) is 0.762. The van der Waals surface area contributed by atoms with Gasteiger partial charge < -0.3 is 16.4 Å². The third-order valence-corrected chi connectivity index (χ3v) is 4.84. The van der Waals surface area contributed by atoms with Gasteiger partial charge in [0, 0.05) is 17.8 Å². The van der Waals surface area contributed by atoms with E-state index in [-0.39, 0.29) is 11.8 Å². The number of halogens is 1. The Morgan fingerprint density at radius 1 is 1.28 bits per heavy atom. The molecule has 2 atom stereocenters. The molecular formula is C19H24ClN4O+. The number of rotatable bonds is 5. The first-order valence-corrected chi connectivity index (χ1v) is 9.04. The molecule has 1 aliphatic heterocycles. The summed E-state index contributed by atoms with van der Waals surface area (Å²) in [4.78, 5) is 16.7. The molecule has 5 nitrogen and oxygen atoms in total. The zero-order valence-electron chi connectivity index (χ0n) is 14.2. The van der Waals surface area contributed by atoms with E-state index in [0.717, 1.165) is 42.0 Å². The molecule has 1 aromatic heterocycles. The monoisotopic (exact) mass is 359 g/mol. The Morgan fingerprint density at radius 2 is 2.16 bits per heavy atom. The average Bonchev–Trinajstić information content (AvgIpc) is 2.63. The second-order valence-corrected chi connectivity index (χ2v) is 6.95. The molecule has 25 heavy (non-hydrogen) atoms. The Morgan fingerprint density at radius 3 is 2.80 bits per heavy atom. The number of anilines is 1. The predicted molar refractivity (Wildman–Crippen MR) is 99.4 cm³/mol. The summed E-state index contributed by atoms with van der Waals surface area (Å²) in [7, 11) is 0. The lowest BCUT2D eigenvalue weighted by molar-refractivity contribution is -0.374. The van der Waals surface area contributed by atoms with E-state index in [2.05, 4.69) is 21.4 Å². The van der Waals surface area contributed by atoms with Crippen molar-refractivity contribution in [3.8, 4) is 0 Å². The molecule has 1 aromatic carbocycles. The SMILES string of the molecule is [NH3+]CC1CCC(C(=O)Nc2ccc(Cc3cccc(Cl)c3)cn2)CN1. The molecule has 1 amide bonds. The molecule has 0 radical (unpaired) electrons. The van der Waals surface area contributed by atoms with E-state index >= 15 is 0 Å². The summed E-state index contributed by atoms with van der Waals surface area (Å²) in [5.74, 6) is 0.625. The first-order valence-electron chi connectivity index (χ1n) is 8.67. The van der Waals surface area contributed by atoms with Crippen LogP contribution in [0.5, 0.6) is 0 Å². The molecule has 1 fully saturated rings. The van der Waals surface area contributed by atoms with Crippen LogP contribution in [0.4, 0.5) is 5.82 Å². The molecule has 5 N–H and O–H groups in total. The summed E-state index contributed by atoms with van der Waals surface area (Å²) in [5.41, 5.74) is 6.13. The lowest BCUT2D eigenvalue weighted by Gasteiger charge is -2.27. The lowest BCUT2D eigenvalue weighted by Crippen LogP contribution is -2.61. The number of hydrogen-bond donors (Lipinski definition) is 3. The van der Waals surface area contributed by atoms with Crippen LogP contribution in [0.2, 0.25) is 5.02 Å². The van der Waals surface area contributed by atoms with E-state index in [0.29, 0.717) is 18.4 Å². The third-order valence-electron chi connectivity index (χ3n) is 4.61. The molecule has 2 aromatic rings. The Kier molecular flexibility index (Phi) is 6.02. The van der Waals surface area contributed by atoms with Crippen LogP contribution >= 0.6 is 11.6 Å². The fraction of sp³-hybridized carbons (Fsp3) is 0.368. The molecule has 3 rings (SSSR count). The smallest absolute Gasteiger partial charge is 0.229 e. The van der Waals surface area contributed by atoms with Crippen molar-refractivity contribution in [2.24, 2.45) is 5.92 Å². The van der Waals surface area contributed by atoms with Gasteiger partial charge in [-0.3, -0.25) is 4.79 Å². The zero-order valence-corrected chi connectivity index (χ0v) is 14.9. The van der Waals surface area contributed by atoms with Crippen LogP contribution in [-0.2, 0) is 11.2 Å². The van der Waals surface area contributed by atoms with Crippen LogP contribution in [-0.4, -0.2) is 30.0 Å². The van der Waals surface area contributed by atoms with Gasteiger partial charge in [0.25, 0.3) is 0 Å². The molecule has 1 aliphatic rings. The number of nitrogens with one attached hydrogen (secondary N) is 2. The molecule has 132 valence electrons.